The van der Waals surface area contributed by atoms with Gasteiger partial charge in [-0.25, -0.2) is 17.5 Å². The summed E-state index contributed by atoms with van der Waals surface area (Å²) in [7, 11) is -2.25. The number of sulfonamides is 1. The Balaban J connectivity index is 2.23. The molecule has 1 heterocycles. The summed E-state index contributed by atoms with van der Waals surface area (Å²) in [5, 5.41) is 0. The van der Waals surface area contributed by atoms with Crippen molar-refractivity contribution in [2.75, 3.05) is 13.7 Å². The van der Waals surface area contributed by atoms with E-state index in [4.69, 9.17) is 4.74 Å². The molecule has 22 heavy (non-hydrogen) atoms. The van der Waals surface area contributed by atoms with Crippen LogP contribution in [0.5, 0.6) is 0 Å². The van der Waals surface area contributed by atoms with Gasteiger partial charge in [0.15, 0.2) is 0 Å². The zero-order valence-electron chi connectivity index (χ0n) is 12.0. The highest BCUT2D eigenvalue weighted by Gasteiger charge is 2.31. The molecule has 0 bridgehead atoms. The molecule has 1 aromatic heterocycles. The van der Waals surface area contributed by atoms with E-state index in [1.54, 1.807) is 31.2 Å². The summed E-state index contributed by atoms with van der Waals surface area (Å²) in [4.78, 5) is 0. The van der Waals surface area contributed by atoms with Crippen molar-refractivity contribution in [3.8, 4) is 0 Å². The third-order valence-corrected chi connectivity index (χ3v) is 6.82. The molecule has 0 aliphatic heterocycles. The number of methoxy groups -OCH3 is 1. The van der Waals surface area contributed by atoms with Crippen LogP contribution in [0.4, 0.5) is 4.39 Å². The first kappa shape index (κ1) is 17.6. The maximum atomic E-state index is 14.0. The summed E-state index contributed by atoms with van der Waals surface area (Å²) in [5.74, 6) is -0.440. The van der Waals surface area contributed by atoms with Gasteiger partial charge in [0.05, 0.1) is 3.79 Å². The van der Waals surface area contributed by atoms with Crippen LogP contribution in [0.1, 0.15) is 12.5 Å². The molecule has 0 amide bonds. The van der Waals surface area contributed by atoms with Gasteiger partial charge in [-0.05, 0) is 41.1 Å². The minimum absolute atomic E-state index is 0.0811. The van der Waals surface area contributed by atoms with E-state index < -0.39 is 21.4 Å². The molecule has 1 N–H and O–H groups in total. The van der Waals surface area contributed by atoms with Gasteiger partial charge in [0.1, 0.15) is 15.6 Å². The van der Waals surface area contributed by atoms with E-state index in [1.165, 1.54) is 19.2 Å². The lowest BCUT2D eigenvalue weighted by Gasteiger charge is -2.29. The lowest BCUT2D eigenvalue weighted by atomic mass is 9.95. The van der Waals surface area contributed by atoms with Crippen LogP contribution in [-0.2, 0) is 20.4 Å². The third-order valence-electron chi connectivity index (χ3n) is 3.31. The SMILES string of the molecule is CO[C@](C)(CNS(=O)(=O)c1ccc(Br)s1)c1ccccc1F. The van der Waals surface area contributed by atoms with Crippen molar-refractivity contribution < 1.29 is 17.5 Å². The van der Waals surface area contributed by atoms with Gasteiger partial charge in [0.2, 0.25) is 10.0 Å². The standard InChI is InChI=1S/C14H15BrFNO3S2/c1-14(20-2,10-5-3-4-6-11(10)16)9-17-22(18,19)13-8-7-12(15)21-13/h3-8,17H,9H2,1-2H3/t14-/m1/s1. The Morgan fingerprint density at radius 1 is 1.32 bits per heavy atom. The largest absolute Gasteiger partial charge is 0.372 e. The number of thiophene rings is 1. The average Bonchev–Trinajstić information content (AvgIpc) is 2.93. The van der Waals surface area contributed by atoms with Gasteiger partial charge in [0, 0.05) is 19.2 Å². The fourth-order valence-electron chi connectivity index (χ4n) is 1.91. The zero-order chi connectivity index (χ0) is 16.4. The Morgan fingerprint density at radius 2 is 2.00 bits per heavy atom. The molecule has 0 saturated heterocycles. The summed E-state index contributed by atoms with van der Waals surface area (Å²) in [6, 6.07) is 9.31. The number of halogens is 2. The minimum atomic E-state index is -3.67. The van der Waals surface area contributed by atoms with E-state index in [2.05, 4.69) is 20.7 Å². The molecule has 0 aliphatic carbocycles. The molecular weight excluding hydrogens is 393 g/mol. The smallest absolute Gasteiger partial charge is 0.250 e. The predicted octanol–water partition coefficient (Wildman–Crippen LogP) is 3.49. The van der Waals surface area contributed by atoms with Gasteiger partial charge in [-0.2, -0.15) is 0 Å². The predicted molar refractivity (Wildman–Crippen MR) is 88.0 cm³/mol. The summed E-state index contributed by atoms with van der Waals surface area (Å²) in [5.41, 5.74) is -0.806. The number of ether oxygens (including phenoxy) is 1. The van der Waals surface area contributed by atoms with Crippen LogP contribution < -0.4 is 4.72 Å². The first-order chi connectivity index (χ1) is 10.3. The van der Waals surface area contributed by atoms with Crippen molar-refractivity contribution >= 4 is 37.3 Å². The quantitative estimate of drug-likeness (QED) is 0.796. The molecule has 0 radical (unpaired) electrons. The van der Waals surface area contributed by atoms with Crippen LogP contribution in [0.15, 0.2) is 44.4 Å². The highest BCUT2D eigenvalue weighted by molar-refractivity contribution is 9.11. The normalized spacial score (nSPS) is 14.7. The van der Waals surface area contributed by atoms with Gasteiger partial charge >= 0.3 is 0 Å². The Kier molecular flexibility index (Phi) is 5.39. The van der Waals surface area contributed by atoms with E-state index in [0.717, 1.165) is 15.1 Å². The second-order valence-electron chi connectivity index (χ2n) is 4.80. The highest BCUT2D eigenvalue weighted by Crippen LogP contribution is 2.29. The zero-order valence-corrected chi connectivity index (χ0v) is 15.2. The third kappa shape index (κ3) is 3.75. The molecule has 4 nitrogen and oxygen atoms in total. The van der Waals surface area contributed by atoms with Gasteiger partial charge in [-0.3, -0.25) is 0 Å². The molecule has 8 heteroatoms. The Hall–Kier alpha value is -0.800. The number of benzene rings is 1. The molecule has 0 aliphatic rings. The van der Waals surface area contributed by atoms with E-state index in [0.29, 0.717) is 5.56 Å². The molecule has 120 valence electrons. The Bertz CT molecular complexity index is 763. The number of hydrogen-bond acceptors (Lipinski definition) is 4. The molecule has 0 saturated carbocycles. The van der Waals surface area contributed by atoms with Crippen molar-refractivity contribution in [1.82, 2.24) is 4.72 Å². The number of nitrogens with one attached hydrogen (secondary N) is 1. The second kappa shape index (κ2) is 6.76. The van der Waals surface area contributed by atoms with Gasteiger partial charge in [-0.1, -0.05) is 18.2 Å². The molecular formula is C14H15BrFNO3S2. The van der Waals surface area contributed by atoms with E-state index >= 15 is 0 Å². The maximum Gasteiger partial charge on any atom is 0.250 e. The summed E-state index contributed by atoms with van der Waals surface area (Å²) in [6.45, 7) is 1.56. The van der Waals surface area contributed by atoms with Crippen LogP contribution in [0, 0.1) is 5.82 Å². The molecule has 0 unspecified atom stereocenters. The number of rotatable bonds is 6. The van der Waals surface area contributed by atoms with Crippen LogP contribution >= 0.6 is 27.3 Å². The number of hydrogen-bond donors (Lipinski definition) is 1. The molecule has 1 aromatic carbocycles. The van der Waals surface area contributed by atoms with Gasteiger partial charge < -0.3 is 4.74 Å². The molecule has 2 rings (SSSR count). The first-order valence-electron chi connectivity index (χ1n) is 6.34. The molecule has 0 spiro atoms. The molecule has 1 atom stereocenters. The van der Waals surface area contributed by atoms with Crippen molar-refractivity contribution in [3.63, 3.8) is 0 Å². The lowest BCUT2D eigenvalue weighted by molar-refractivity contribution is 0.00411. The van der Waals surface area contributed by atoms with Crippen molar-refractivity contribution in [2.45, 2.75) is 16.7 Å². The molecule has 2 aromatic rings. The van der Waals surface area contributed by atoms with Crippen LogP contribution in [0.25, 0.3) is 0 Å². The molecule has 0 fully saturated rings. The fraction of sp³-hybridized carbons (Fsp3) is 0.286. The summed E-state index contributed by atoms with van der Waals surface area (Å²) < 4.78 is 47.2. The van der Waals surface area contributed by atoms with E-state index in [1.807, 2.05) is 0 Å². The average molecular weight is 408 g/mol. The topological polar surface area (TPSA) is 55.4 Å². The van der Waals surface area contributed by atoms with Crippen LogP contribution in [0.3, 0.4) is 0 Å². The summed E-state index contributed by atoms with van der Waals surface area (Å²) in [6.07, 6.45) is 0. The fourth-order valence-corrected chi connectivity index (χ4v) is 5.09. The van der Waals surface area contributed by atoms with Crippen LogP contribution in [-0.4, -0.2) is 22.1 Å². The minimum Gasteiger partial charge on any atom is -0.372 e. The maximum absolute atomic E-state index is 14.0. The lowest BCUT2D eigenvalue weighted by Crippen LogP contribution is -2.40. The van der Waals surface area contributed by atoms with Crippen molar-refractivity contribution in [2.24, 2.45) is 0 Å². The highest BCUT2D eigenvalue weighted by atomic mass is 79.9. The monoisotopic (exact) mass is 407 g/mol. The van der Waals surface area contributed by atoms with E-state index in [9.17, 15) is 12.8 Å². The summed E-state index contributed by atoms with van der Waals surface area (Å²) >= 11 is 4.33. The van der Waals surface area contributed by atoms with Crippen molar-refractivity contribution in [3.05, 3.63) is 51.6 Å². The Morgan fingerprint density at radius 3 is 2.55 bits per heavy atom. The van der Waals surface area contributed by atoms with Gasteiger partial charge in [0.25, 0.3) is 0 Å². The van der Waals surface area contributed by atoms with Crippen LogP contribution in [0.2, 0.25) is 0 Å². The Labute approximate surface area is 141 Å². The van der Waals surface area contributed by atoms with Crippen molar-refractivity contribution in [1.29, 1.82) is 0 Å². The second-order valence-corrected chi connectivity index (χ2v) is 9.25. The first-order valence-corrected chi connectivity index (χ1v) is 9.43. The van der Waals surface area contributed by atoms with Gasteiger partial charge in [-0.15, -0.1) is 11.3 Å². The van der Waals surface area contributed by atoms with E-state index in [-0.39, 0.29) is 10.8 Å².